The molecule has 7 heteroatoms. The number of halogens is 1. The van der Waals surface area contributed by atoms with Gasteiger partial charge in [-0.05, 0) is 55.6 Å². The molecule has 30 heavy (non-hydrogen) atoms. The van der Waals surface area contributed by atoms with Crippen LogP contribution in [0.2, 0.25) is 0 Å². The zero-order valence-electron chi connectivity index (χ0n) is 17.2. The molecule has 1 aliphatic carbocycles. The first-order valence-electron chi connectivity index (χ1n) is 10.1. The predicted octanol–water partition coefficient (Wildman–Crippen LogP) is 4.08. The summed E-state index contributed by atoms with van der Waals surface area (Å²) in [4.78, 5) is 28.8. The molecule has 1 fully saturated rings. The molecule has 1 saturated carbocycles. The molecule has 0 radical (unpaired) electrons. The van der Waals surface area contributed by atoms with E-state index < -0.39 is 17.2 Å². The highest BCUT2D eigenvalue weighted by Gasteiger charge is 2.27. The minimum atomic E-state index is -1.30. The summed E-state index contributed by atoms with van der Waals surface area (Å²) in [5.41, 5.74) is 2.30. The van der Waals surface area contributed by atoms with Crippen molar-refractivity contribution in [3.8, 4) is 11.1 Å². The quantitative estimate of drug-likeness (QED) is 0.641. The maximum Gasteiger partial charge on any atom is 0.341 e. The SMILES string of the molecule is CNCc1cc(-c2cc3c(cc2F)c(=O)c(C(=O)O)cn3C2CC2)cc(C(C)C)n1. The molecule has 0 aliphatic heterocycles. The third-order valence-electron chi connectivity index (χ3n) is 5.45. The highest BCUT2D eigenvalue weighted by molar-refractivity contribution is 5.94. The fourth-order valence-corrected chi connectivity index (χ4v) is 3.73. The molecule has 0 amide bonds. The monoisotopic (exact) mass is 409 g/mol. The molecule has 156 valence electrons. The molecule has 1 aliphatic rings. The zero-order chi connectivity index (χ0) is 21.6. The summed E-state index contributed by atoms with van der Waals surface area (Å²) in [7, 11) is 1.83. The van der Waals surface area contributed by atoms with Gasteiger partial charge < -0.3 is 15.0 Å². The molecule has 0 bridgehead atoms. The number of carbonyl (C=O) groups is 1. The molecule has 0 saturated heterocycles. The second kappa shape index (κ2) is 7.65. The van der Waals surface area contributed by atoms with E-state index in [2.05, 4.69) is 10.3 Å². The standard InChI is InChI=1S/C23H24FN3O3/c1-12(2)20-7-13(6-14(26-20)10-25-3)16-9-21-17(8-19(16)24)22(28)18(23(29)30)11-27(21)15-4-5-15/h6-9,11-12,15,25H,4-5,10H2,1-3H3,(H,29,30). The Hall–Kier alpha value is -3.06. The van der Waals surface area contributed by atoms with Crippen LogP contribution in [0.4, 0.5) is 4.39 Å². The van der Waals surface area contributed by atoms with Gasteiger partial charge >= 0.3 is 5.97 Å². The number of aromatic nitrogens is 2. The van der Waals surface area contributed by atoms with Crippen molar-refractivity contribution in [1.29, 1.82) is 0 Å². The Morgan fingerprint density at radius 3 is 2.63 bits per heavy atom. The number of hydrogen-bond acceptors (Lipinski definition) is 4. The lowest BCUT2D eigenvalue weighted by atomic mass is 9.98. The average Bonchev–Trinajstić information content (AvgIpc) is 3.53. The van der Waals surface area contributed by atoms with Gasteiger partial charge in [-0.2, -0.15) is 0 Å². The van der Waals surface area contributed by atoms with Crippen molar-refractivity contribution >= 4 is 16.9 Å². The minimum Gasteiger partial charge on any atom is -0.477 e. The number of hydrogen-bond donors (Lipinski definition) is 2. The van der Waals surface area contributed by atoms with Crippen LogP contribution in [0.15, 0.2) is 35.3 Å². The Morgan fingerprint density at radius 1 is 1.30 bits per heavy atom. The van der Waals surface area contributed by atoms with E-state index >= 15 is 4.39 Å². The topological polar surface area (TPSA) is 84.2 Å². The number of nitrogens with zero attached hydrogens (tertiary/aromatic N) is 2. The van der Waals surface area contributed by atoms with E-state index in [4.69, 9.17) is 0 Å². The van der Waals surface area contributed by atoms with Crippen molar-refractivity contribution in [2.75, 3.05) is 7.05 Å². The molecule has 0 atom stereocenters. The maximum absolute atomic E-state index is 15.2. The summed E-state index contributed by atoms with van der Waals surface area (Å²) >= 11 is 0. The Morgan fingerprint density at radius 2 is 2.03 bits per heavy atom. The van der Waals surface area contributed by atoms with Gasteiger partial charge in [0, 0.05) is 35.4 Å². The van der Waals surface area contributed by atoms with E-state index in [1.165, 1.54) is 12.3 Å². The third kappa shape index (κ3) is 3.61. The van der Waals surface area contributed by atoms with Crippen LogP contribution in [0.1, 0.15) is 60.4 Å². The van der Waals surface area contributed by atoms with Crippen molar-refractivity contribution in [2.45, 2.75) is 45.2 Å². The molecule has 0 unspecified atom stereocenters. The van der Waals surface area contributed by atoms with E-state index in [0.717, 1.165) is 24.2 Å². The molecule has 4 rings (SSSR count). The molecule has 1 aromatic carbocycles. The molecular weight excluding hydrogens is 385 g/mol. The number of carboxylic acid groups (broad SMARTS) is 1. The smallest absolute Gasteiger partial charge is 0.341 e. The maximum atomic E-state index is 15.2. The molecule has 2 aromatic heterocycles. The number of nitrogens with one attached hydrogen (secondary N) is 1. The van der Waals surface area contributed by atoms with Gasteiger partial charge in [0.1, 0.15) is 11.4 Å². The zero-order valence-corrected chi connectivity index (χ0v) is 17.2. The predicted molar refractivity (Wildman–Crippen MR) is 113 cm³/mol. The van der Waals surface area contributed by atoms with Crippen LogP contribution in [-0.2, 0) is 6.54 Å². The van der Waals surface area contributed by atoms with E-state index in [1.54, 1.807) is 6.07 Å². The van der Waals surface area contributed by atoms with Gasteiger partial charge in [0.25, 0.3) is 0 Å². The summed E-state index contributed by atoms with van der Waals surface area (Å²) in [5.74, 6) is -1.68. The highest BCUT2D eigenvalue weighted by atomic mass is 19.1. The van der Waals surface area contributed by atoms with Gasteiger partial charge in [-0.15, -0.1) is 0 Å². The van der Waals surface area contributed by atoms with Crippen LogP contribution in [-0.4, -0.2) is 27.7 Å². The van der Waals surface area contributed by atoms with Crippen molar-refractivity contribution < 1.29 is 14.3 Å². The summed E-state index contributed by atoms with van der Waals surface area (Å²) in [5, 5.41) is 12.6. The Bertz CT molecular complexity index is 1210. The first kappa shape index (κ1) is 20.2. The lowest BCUT2D eigenvalue weighted by Gasteiger charge is -2.15. The van der Waals surface area contributed by atoms with Crippen LogP contribution in [0.25, 0.3) is 22.0 Å². The van der Waals surface area contributed by atoms with Gasteiger partial charge in [-0.3, -0.25) is 9.78 Å². The molecule has 6 nitrogen and oxygen atoms in total. The molecule has 0 spiro atoms. The first-order valence-corrected chi connectivity index (χ1v) is 10.1. The van der Waals surface area contributed by atoms with Crippen molar-refractivity contribution in [2.24, 2.45) is 0 Å². The normalized spacial score (nSPS) is 13.9. The number of carboxylic acids is 1. The molecule has 2 heterocycles. The van der Waals surface area contributed by atoms with Crippen LogP contribution < -0.4 is 10.7 Å². The van der Waals surface area contributed by atoms with Crippen LogP contribution in [0.3, 0.4) is 0 Å². The van der Waals surface area contributed by atoms with E-state index in [1.807, 2.05) is 37.6 Å². The Labute approximate surface area is 173 Å². The number of benzene rings is 1. The summed E-state index contributed by atoms with van der Waals surface area (Å²) in [6.07, 6.45) is 3.20. The van der Waals surface area contributed by atoms with Crippen LogP contribution in [0.5, 0.6) is 0 Å². The van der Waals surface area contributed by atoms with E-state index in [-0.39, 0.29) is 22.9 Å². The van der Waals surface area contributed by atoms with E-state index in [9.17, 15) is 14.7 Å². The average molecular weight is 409 g/mol. The van der Waals surface area contributed by atoms with Gasteiger partial charge in [-0.1, -0.05) is 13.8 Å². The highest BCUT2D eigenvalue weighted by Crippen LogP contribution is 2.38. The summed E-state index contributed by atoms with van der Waals surface area (Å²) in [6.45, 7) is 4.62. The van der Waals surface area contributed by atoms with Crippen molar-refractivity contribution in [3.05, 3.63) is 63.5 Å². The van der Waals surface area contributed by atoms with Crippen molar-refractivity contribution in [1.82, 2.24) is 14.9 Å². The lowest BCUT2D eigenvalue weighted by molar-refractivity contribution is 0.0695. The van der Waals surface area contributed by atoms with Gasteiger partial charge in [0.15, 0.2) is 0 Å². The van der Waals surface area contributed by atoms with Gasteiger partial charge in [0.05, 0.1) is 11.2 Å². The number of fused-ring (bicyclic) bond motifs is 1. The molecule has 3 aromatic rings. The van der Waals surface area contributed by atoms with Crippen LogP contribution in [0, 0.1) is 5.82 Å². The largest absolute Gasteiger partial charge is 0.477 e. The Kier molecular flexibility index (Phi) is 5.15. The first-order chi connectivity index (χ1) is 14.3. The fourth-order valence-electron chi connectivity index (χ4n) is 3.73. The second-order valence-electron chi connectivity index (χ2n) is 8.12. The number of pyridine rings is 2. The van der Waals surface area contributed by atoms with Crippen LogP contribution >= 0.6 is 0 Å². The molecule has 2 N–H and O–H groups in total. The summed E-state index contributed by atoms with van der Waals surface area (Å²) < 4.78 is 17.0. The third-order valence-corrected chi connectivity index (χ3v) is 5.45. The van der Waals surface area contributed by atoms with Gasteiger partial charge in [0.2, 0.25) is 5.43 Å². The Balaban J connectivity index is 1.98. The lowest BCUT2D eigenvalue weighted by Crippen LogP contribution is -2.19. The van der Waals surface area contributed by atoms with Gasteiger partial charge in [-0.25, -0.2) is 9.18 Å². The summed E-state index contributed by atoms with van der Waals surface area (Å²) in [6, 6.07) is 6.69. The van der Waals surface area contributed by atoms with E-state index in [0.29, 0.717) is 23.2 Å². The minimum absolute atomic E-state index is 0.0941. The van der Waals surface area contributed by atoms with Crippen molar-refractivity contribution in [3.63, 3.8) is 0 Å². The number of aromatic carboxylic acids is 1. The second-order valence-corrected chi connectivity index (χ2v) is 8.12. The number of rotatable bonds is 6. The molecular formula is C23H24FN3O3. The fraction of sp³-hybridized carbons (Fsp3) is 0.348.